The van der Waals surface area contributed by atoms with Gasteiger partial charge >= 0.3 is 0 Å². The molecule has 2 heterocycles. The fourth-order valence-corrected chi connectivity index (χ4v) is 3.57. The largest absolute Gasteiger partial charge is 0.369 e. The van der Waals surface area contributed by atoms with E-state index in [-0.39, 0.29) is 0 Å². The molecule has 1 N–H and O–H groups in total. The molecule has 0 spiro atoms. The molecule has 0 fully saturated rings. The molecule has 0 amide bonds. The minimum absolute atomic E-state index is 0.464. The summed E-state index contributed by atoms with van der Waals surface area (Å²) in [6, 6.07) is 18.2. The molecule has 0 radical (unpaired) electrons. The molecule has 4 rings (SSSR count). The van der Waals surface area contributed by atoms with E-state index < -0.39 is 0 Å². The summed E-state index contributed by atoms with van der Waals surface area (Å²) in [4.78, 5) is 2.54. The first kappa shape index (κ1) is 12.0. The summed E-state index contributed by atoms with van der Waals surface area (Å²) in [7, 11) is 0. The lowest BCUT2D eigenvalue weighted by Crippen LogP contribution is -2.38. The monoisotopic (exact) mass is 264 g/mol. The number of benzene rings is 2. The number of nitrogens with one attached hydrogen (secondary N) is 1. The molecule has 2 aromatic rings. The summed E-state index contributed by atoms with van der Waals surface area (Å²) in [6.07, 6.45) is 2.34. The Kier molecular flexibility index (Phi) is 2.96. The van der Waals surface area contributed by atoms with Crippen LogP contribution in [0.15, 0.2) is 48.5 Å². The Morgan fingerprint density at radius 2 is 1.75 bits per heavy atom. The van der Waals surface area contributed by atoms with Gasteiger partial charge in [-0.15, -0.1) is 0 Å². The van der Waals surface area contributed by atoms with E-state index in [0.29, 0.717) is 6.04 Å². The highest BCUT2D eigenvalue weighted by molar-refractivity contribution is 5.58. The average molecular weight is 264 g/mol. The van der Waals surface area contributed by atoms with Gasteiger partial charge in [-0.05, 0) is 42.1 Å². The highest BCUT2D eigenvalue weighted by Crippen LogP contribution is 2.31. The van der Waals surface area contributed by atoms with Crippen molar-refractivity contribution in [1.82, 2.24) is 5.32 Å². The molecule has 2 heteroatoms. The zero-order valence-corrected chi connectivity index (χ0v) is 11.7. The summed E-state index contributed by atoms with van der Waals surface area (Å²) in [6.45, 7) is 3.32. The number of rotatable bonds is 2. The molecule has 2 aliphatic rings. The van der Waals surface area contributed by atoms with Crippen LogP contribution in [0.25, 0.3) is 0 Å². The van der Waals surface area contributed by atoms with E-state index in [1.807, 2.05) is 0 Å². The summed E-state index contributed by atoms with van der Waals surface area (Å²) in [5.74, 6) is 0. The third-order valence-electron chi connectivity index (χ3n) is 4.60. The molecule has 2 aliphatic heterocycles. The van der Waals surface area contributed by atoms with Gasteiger partial charge in [-0.1, -0.05) is 42.5 Å². The van der Waals surface area contributed by atoms with Crippen LogP contribution in [0.1, 0.15) is 22.7 Å². The SMILES string of the molecule is c1ccc2c(c1)CCNC2CN1CCc2ccccc21. The number of hydrogen-bond donors (Lipinski definition) is 1. The Bertz CT molecular complexity index is 620. The fraction of sp³-hybridized carbons (Fsp3) is 0.333. The zero-order chi connectivity index (χ0) is 13.4. The predicted octanol–water partition coefficient (Wildman–Crippen LogP) is 2.94. The molecular weight excluding hydrogens is 244 g/mol. The molecule has 0 bridgehead atoms. The molecule has 1 atom stereocenters. The summed E-state index contributed by atoms with van der Waals surface area (Å²) >= 11 is 0. The quantitative estimate of drug-likeness (QED) is 0.897. The topological polar surface area (TPSA) is 15.3 Å². The van der Waals surface area contributed by atoms with Gasteiger partial charge in [0.1, 0.15) is 0 Å². The molecule has 0 aromatic heterocycles. The maximum atomic E-state index is 3.69. The minimum Gasteiger partial charge on any atom is -0.369 e. The molecule has 0 saturated heterocycles. The minimum atomic E-state index is 0.464. The van der Waals surface area contributed by atoms with Crippen molar-refractivity contribution >= 4 is 5.69 Å². The lowest BCUT2D eigenvalue weighted by atomic mass is 9.94. The molecule has 2 nitrogen and oxygen atoms in total. The Labute approximate surface area is 120 Å². The van der Waals surface area contributed by atoms with Gasteiger partial charge in [0.2, 0.25) is 0 Å². The van der Waals surface area contributed by atoms with Gasteiger partial charge in [-0.3, -0.25) is 0 Å². The van der Waals surface area contributed by atoms with Crippen molar-refractivity contribution in [2.75, 3.05) is 24.5 Å². The molecule has 20 heavy (non-hydrogen) atoms. The first-order valence-electron chi connectivity index (χ1n) is 7.56. The van der Waals surface area contributed by atoms with Crippen molar-refractivity contribution in [2.45, 2.75) is 18.9 Å². The maximum Gasteiger partial charge on any atom is 0.0501 e. The van der Waals surface area contributed by atoms with E-state index >= 15 is 0 Å². The fourth-order valence-electron chi connectivity index (χ4n) is 3.57. The van der Waals surface area contributed by atoms with Crippen LogP contribution in [-0.2, 0) is 12.8 Å². The van der Waals surface area contributed by atoms with E-state index in [1.54, 1.807) is 0 Å². The molecule has 0 aliphatic carbocycles. The van der Waals surface area contributed by atoms with E-state index in [4.69, 9.17) is 0 Å². The second-order valence-electron chi connectivity index (χ2n) is 5.78. The Balaban J connectivity index is 1.59. The predicted molar refractivity (Wildman–Crippen MR) is 83.2 cm³/mol. The van der Waals surface area contributed by atoms with E-state index in [2.05, 4.69) is 58.7 Å². The van der Waals surface area contributed by atoms with Crippen LogP contribution < -0.4 is 10.2 Å². The standard InChI is InChI=1S/C18H20N2/c1-3-7-16-14(5-1)9-11-19-17(16)13-20-12-10-15-6-2-4-8-18(15)20/h1-8,17,19H,9-13H2. The summed E-state index contributed by atoms with van der Waals surface area (Å²) in [5.41, 5.74) is 5.93. The average Bonchev–Trinajstić information content (AvgIpc) is 2.91. The number of para-hydroxylation sites is 1. The van der Waals surface area contributed by atoms with Crippen molar-refractivity contribution in [1.29, 1.82) is 0 Å². The Morgan fingerprint density at radius 1 is 0.950 bits per heavy atom. The molecule has 102 valence electrons. The van der Waals surface area contributed by atoms with Crippen molar-refractivity contribution < 1.29 is 0 Å². The van der Waals surface area contributed by atoms with Gasteiger partial charge in [0.05, 0.1) is 6.04 Å². The lowest BCUT2D eigenvalue weighted by molar-refractivity contribution is 0.500. The zero-order valence-electron chi connectivity index (χ0n) is 11.7. The van der Waals surface area contributed by atoms with Crippen LogP contribution in [0.5, 0.6) is 0 Å². The number of fused-ring (bicyclic) bond motifs is 2. The summed E-state index contributed by atoms with van der Waals surface area (Å²) < 4.78 is 0. The number of hydrogen-bond acceptors (Lipinski definition) is 2. The van der Waals surface area contributed by atoms with Crippen LogP contribution in [0.2, 0.25) is 0 Å². The normalized spacial score (nSPS) is 20.6. The highest BCUT2D eigenvalue weighted by atomic mass is 15.2. The summed E-state index contributed by atoms with van der Waals surface area (Å²) in [5, 5.41) is 3.69. The van der Waals surface area contributed by atoms with Crippen molar-refractivity contribution in [3.63, 3.8) is 0 Å². The van der Waals surface area contributed by atoms with Crippen LogP contribution in [-0.4, -0.2) is 19.6 Å². The van der Waals surface area contributed by atoms with E-state index in [9.17, 15) is 0 Å². The van der Waals surface area contributed by atoms with Crippen LogP contribution in [0, 0.1) is 0 Å². The third-order valence-corrected chi connectivity index (χ3v) is 4.60. The van der Waals surface area contributed by atoms with Gasteiger partial charge in [-0.2, -0.15) is 0 Å². The molecule has 0 saturated carbocycles. The second-order valence-corrected chi connectivity index (χ2v) is 5.78. The maximum absolute atomic E-state index is 3.69. The third kappa shape index (κ3) is 2.01. The van der Waals surface area contributed by atoms with Gasteiger partial charge in [0.25, 0.3) is 0 Å². The van der Waals surface area contributed by atoms with Gasteiger partial charge in [0, 0.05) is 18.8 Å². The first-order chi connectivity index (χ1) is 9.92. The van der Waals surface area contributed by atoms with Crippen LogP contribution in [0.3, 0.4) is 0 Å². The van der Waals surface area contributed by atoms with E-state index in [0.717, 1.165) is 26.1 Å². The molecule has 1 unspecified atom stereocenters. The second kappa shape index (κ2) is 4.95. The lowest BCUT2D eigenvalue weighted by Gasteiger charge is -2.31. The highest BCUT2D eigenvalue weighted by Gasteiger charge is 2.25. The number of anilines is 1. The first-order valence-corrected chi connectivity index (χ1v) is 7.56. The van der Waals surface area contributed by atoms with Crippen molar-refractivity contribution in [3.05, 3.63) is 65.2 Å². The smallest absolute Gasteiger partial charge is 0.0501 e. The molecule has 2 aromatic carbocycles. The van der Waals surface area contributed by atoms with Gasteiger partial charge < -0.3 is 10.2 Å². The van der Waals surface area contributed by atoms with E-state index in [1.165, 1.54) is 28.8 Å². The van der Waals surface area contributed by atoms with Gasteiger partial charge in [-0.25, -0.2) is 0 Å². The van der Waals surface area contributed by atoms with Crippen molar-refractivity contribution in [2.24, 2.45) is 0 Å². The van der Waals surface area contributed by atoms with Crippen LogP contribution >= 0.6 is 0 Å². The Morgan fingerprint density at radius 3 is 2.70 bits per heavy atom. The number of nitrogens with zero attached hydrogens (tertiary/aromatic N) is 1. The van der Waals surface area contributed by atoms with Gasteiger partial charge in [0.15, 0.2) is 0 Å². The van der Waals surface area contributed by atoms with Crippen LogP contribution in [0.4, 0.5) is 5.69 Å². The Hall–Kier alpha value is -1.80. The molecular formula is C18H20N2. The van der Waals surface area contributed by atoms with Crippen molar-refractivity contribution in [3.8, 4) is 0 Å².